The van der Waals surface area contributed by atoms with E-state index in [-0.39, 0.29) is 40.0 Å². The Balaban J connectivity index is 0.00000264. The first-order valence-electron chi connectivity index (χ1n) is 6.65. The van der Waals surface area contributed by atoms with Crippen LogP contribution in [0.5, 0.6) is 0 Å². The van der Waals surface area contributed by atoms with Crippen molar-refractivity contribution in [1.82, 2.24) is 0 Å². The summed E-state index contributed by atoms with van der Waals surface area (Å²) in [5, 5.41) is 13.5. The molecule has 0 aliphatic carbocycles. The van der Waals surface area contributed by atoms with Gasteiger partial charge in [-0.15, -0.1) is 0 Å². The second kappa shape index (κ2) is 8.59. The second-order valence-electron chi connectivity index (χ2n) is 4.83. The number of hydrogen-bond donors (Lipinski definition) is 1. The van der Waals surface area contributed by atoms with Gasteiger partial charge in [0.15, 0.2) is 18.9 Å². The Labute approximate surface area is 149 Å². The van der Waals surface area contributed by atoms with Crippen molar-refractivity contribution in [2.24, 2.45) is 0 Å². The van der Waals surface area contributed by atoms with Crippen LogP contribution in [0.15, 0.2) is 42.7 Å². The molecule has 122 valence electrons. The molecule has 0 atom stereocenters. The normalized spacial score (nSPS) is 9.83. The lowest BCUT2D eigenvalue weighted by molar-refractivity contribution is -0.695. The molecule has 1 heterocycles. The van der Waals surface area contributed by atoms with Crippen molar-refractivity contribution in [3.8, 4) is 0 Å². The van der Waals surface area contributed by atoms with E-state index in [4.69, 9.17) is 11.6 Å². The molecule has 1 N–H and O–H groups in total. The fraction of sp³-hybridized carbons (Fsp3) is 0.200. The average Bonchev–Trinajstić information content (AvgIpc) is 2.48. The number of carbonyl (C=O) groups excluding carboxylic acids is 1. The first-order chi connectivity index (χ1) is 10.5. The highest BCUT2D eigenvalue weighted by molar-refractivity contribution is 6.32. The summed E-state index contributed by atoms with van der Waals surface area (Å²) >= 11 is 5.72. The van der Waals surface area contributed by atoms with Crippen LogP contribution in [0, 0.1) is 17.0 Å². The second-order valence-corrected chi connectivity index (χ2v) is 5.24. The summed E-state index contributed by atoms with van der Waals surface area (Å²) in [6, 6.07) is 8.09. The van der Waals surface area contributed by atoms with Gasteiger partial charge in [0.2, 0.25) is 5.91 Å². The van der Waals surface area contributed by atoms with E-state index in [1.165, 1.54) is 18.2 Å². The van der Waals surface area contributed by atoms with E-state index in [1.54, 1.807) is 0 Å². The van der Waals surface area contributed by atoms with Crippen LogP contribution in [-0.2, 0) is 11.3 Å². The zero-order valence-corrected chi connectivity index (χ0v) is 14.7. The van der Waals surface area contributed by atoms with E-state index in [2.05, 4.69) is 5.32 Å². The summed E-state index contributed by atoms with van der Waals surface area (Å²) in [4.78, 5) is 22.1. The minimum absolute atomic E-state index is 0. The third-order valence-electron chi connectivity index (χ3n) is 3.08. The van der Waals surface area contributed by atoms with Crippen LogP contribution in [0.1, 0.15) is 12.0 Å². The Morgan fingerprint density at radius 1 is 1.30 bits per heavy atom. The number of pyridine rings is 1. The van der Waals surface area contributed by atoms with Crippen LogP contribution in [0.2, 0.25) is 5.02 Å². The largest absolute Gasteiger partial charge is 1.00 e. The molecular weight excluding hydrogens is 386 g/mol. The highest BCUT2D eigenvalue weighted by Gasteiger charge is 2.14. The molecule has 1 aromatic heterocycles. The Morgan fingerprint density at radius 2 is 1.96 bits per heavy atom. The number of nitro groups is 1. The predicted molar refractivity (Wildman–Crippen MR) is 82.7 cm³/mol. The Kier molecular flexibility index (Phi) is 7.12. The number of halogens is 2. The van der Waals surface area contributed by atoms with Crippen molar-refractivity contribution in [2.45, 2.75) is 19.9 Å². The predicted octanol–water partition coefficient (Wildman–Crippen LogP) is -0.123. The van der Waals surface area contributed by atoms with Crippen molar-refractivity contribution < 1.29 is 31.3 Å². The molecule has 0 saturated carbocycles. The SMILES string of the molecule is Cc1cc[n+](CCC(=O)Nc2ccc(Cl)c([N+](=O)[O-])c2)cc1.[Br-]. The van der Waals surface area contributed by atoms with Crippen molar-refractivity contribution in [3.63, 3.8) is 0 Å². The number of benzene rings is 1. The van der Waals surface area contributed by atoms with Crippen molar-refractivity contribution in [3.05, 3.63) is 63.4 Å². The number of aromatic nitrogens is 1. The minimum Gasteiger partial charge on any atom is -1.00 e. The van der Waals surface area contributed by atoms with Crippen molar-refractivity contribution in [2.75, 3.05) is 5.32 Å². The Hall–Kier alpha value is -1.99. The number of amides is 1. The van der Waals surface area contributed by atoms with Crippen LogP contribution in [0.4, 0.5) is 11.4 Å². The van der Waals surface area contributed by atoms with E-state index in [9.17, 15) is 14.9 Å². The zero-order chi connectivity index (χ0) is 16.1. The van der Waals surface area contributed by atoms with Crippen molar-refractivity contribution >= 4 is 28.9 Å². The molecule has 0 fully saturated rings. The van der Waals surface area contributed by atoms with Crippen LogP contribution >= 0.6 is 11.6 Å². The van der Waals surface area contributed by atoms with E-state index in [0.29, 0.717) is 12.2 Å². The summed E-state index contributed by atoms with van der Waals surface area (Å²) in [7, 11) is 0. The van der Waals surface area contributed by atoms with Gasteiger partial charge in [0, 0.05) is 23.9 Å². The van der Waals surface area contributed by atoms with Gasteiger partial charge in [-0.05, 0) is 24.6 Å². The molecular formula is C15H15BrClN3O3. The highest BCUT2D eigenvalue weighted by atomic mass is 79.9. The molecule has 2 rings (SSSR count). The number of rotatable bonds is 5. The maximum atomic E-state index is 11.9. The molecule has 0 saturated heterocycles. The van der Waals surface area contributed by atoms with Gasteiger partial charge >= 0.3 is 0 Å². The third kappa shape index (κ3) is 5.61. The van der Waals surface area contributed by atoms with Gasteiger partial charge in [0.05, 0.1) is 11.3 Å². The van der Waals surface area contributed by atoms with Gasteiger partial charge in [-0.25, -0.2) is 4.57 Å². The van der Waals surface area contributed by atoms with E-state index < -0.39 is 4.92 Å². The quantitative estimate of drug-likeness (QED) is 0.432. The molecule has 8 heteroatoms. The smallest absolute Gasteiger partial charge is 0.289 e. The van der Waals surface area contributed by atoms with Crippen LogP contribution < -0.4 is 26.9 Å². The van der Waals surface area contributed by atoms with Gasteiger partial charge in [-0.2, -0.15) is 0 Å². The Bertz CT molecular complexity index is 708. The number of carbonyl (C=O) groups is 1. The van der Waals surface area contributed by atoms with Gasteiger partial charge < -0.3 is 22.3 Å². The fourth-order valence-corrected chi connectivity index (χ4v) is 2.05. The van der Waals surface area contributed by atoms with Crippen LogP contribution in [0.25, 0.3) is 0 Å². The van der Waals surface area contributed by atoms with Gasteiger partial charge in [-0.1, -0.05) is 11.6 Å². The van der Waals surface area contributed by atoms with E-state index in [1.807, 2.05) is 36.0 Å². The van der Waals surface area contributed by atoms with E-state index in [0.717, 1.165) is 5.56 Å². The van der Waals surface area contributed by atoms with Gasteiger partial charge in [-0.3, -0.25) is 14.9 Å². The molecule has 0 unspecified atom stereocenters. The summed E-state index contributed by atoms with van der Waals surface area (Å²) < 4.78 is 1.90. The molecule has 2 aromatic rings. The van der Waals surface area contributed by atoms with Crippen molar-refractivity contribution in [1.29, 1.82) is 0 Å². The number of nitro benzene ring substituents is 1. The number of anilines is 1. The first kappa shape index (κ1) is 19.1. The lowest BCUT2D eigenvalue weighted by Crippen LogP contribution is -3.00. The molecule has 1 amide bonds. The van der Waals surface area contributed by atoms with Crippen LogP contribution in [0.3, 0.4) is 0 Å². The molecule has 1 aromatic carbocycles. The molecule has 0 spiro atoms. The zero-order valence-electron chi connectivity index (χ0n) is 12.3. The molecule has 0 bridgehead atoms. The monoisotopic (exact) mass is 399 g/mol. The third-order valence-corrected chi connectivity index (χ3v) is 3.40. The van der Waals surface area contributed by atoms with Crippen LogP contribution in [-0.4, -0.2) is 10.8 Å². The van der Waals surface area contributed by atoms with Gasteiger partial charge in [0.1, 0.15) is 5.02 Å². The standard InChI is InChI=1S/C15H14ClN3O3.BrH/c1-11-4-7-18(8-5-11)9-6-15(20)17-12-2-3-13(16)14(10-12)19(21)22;/h2-5,7-8,10H,6,9H2,1H3;1H. The number of aryl methyl sites for hydroxylation is 2. The molecule has 6 nitrogen and oxygen atoms in total. The average molecular weight is 401 g/mol. The van der Waals surface area contributed by atoms with Gasteiger partial charge in [0.25, 0.3) is 5.69 Å². The lowest BCUT2D eigenvalue weighted by atomic mass is 10.2. The number of hydrogen-bond acceptors (Lipinski definition) is 3. The minimum atomic E-state index is -0.583. The molecule has 0 radical (unpaired) electrons. The molecule has 23 heavy (non-hydrogen) atoms. The maximum absolute atomic E-state index is 11.9. The first-order valence-corrected chi connectivity index (χ1v) is 7.03. The topological polar surface area (TPSA) is 76.1 Å². The summed E-state index contributed by atoms with van der Waals surface area (Å²) in [5.74, 6) is -0.218. The summed E-state index contributed by atoms with van der Waals surface area (Å²) in [5.41, 5.74) is 1.27. The summed E-state index contributed by atoms with van der Waals surface area (Å²) in [6.07, 6.45) is 4.07. The summed E-state index contributed by atoms with van der Waals surface area (Å²) in [6.45, 7) is 2.52. The lowest BCUT2D eigenvalue weighted by Gasteiger charge is -2.04. The number of nitrogens with zero attached hydrogens (tertiary/aromatic N) is 2. The van der Waals surface area contributed by atoms with E-state index >= 15 is 0 Å². The molecule has 0 aliphatic rings. The molecule has 0 aliphatic heterocycles. The maximum Gasteiger partial charge on any atom is 0.289 e. The highest BCUT2D eigenvalue weighted by Crippen LogP contribution is 2.27. The number of nitrogens with one attached hydrogen (secondary N) is 1. The fourth-order valence-electron chi connectivity index (χ4n) is 1.87. The Morgan fingerprint density at radius 3 is 2.57 bits per heavy atom.